The molecule has 0 bridgehead atoms. The van der Waals surface area contributed by atoms with E-state index in [2.05, 4.69) is 10.6 Å². The van der Waals surface area contributed by atoms with Crippen LogP contribution in [0, 0.1) is 6.92 Å². The lowest BCUT2D eigenvalue weighted by Gasteiger charge is -2.24. The number of nitrogens with one attached hydrogen (secondary N) is 2. The predicted molar refractivity (Wildman–Crippen MR) is 110 cm³/mol. The molecule has 0 aliphatic rings. The van der Waals surface area contributed by atoms with Gasteiger partial charge in [0.25, 0.3) is 0 Å². The Morgan fingerprint density at radius 2 is 1.93 bits per heavy atom. The number of ether oxygens (including phenoxy) is 2. The highest BCUT2D eigenvalue weighted by Crippen LogP contribution is 2.34. The minimum absolute atomic E-state index is 0.0394. The van der Waals surface area contributed by atoms with Gasteiger partial charge >= 0.3 is 11.9 Å². The van der Waals surface area contributed by atoms with Gasteiger partial charge in [-0.25, -0.2) is 9.59 Å². The van der Waals surface area contributed by atoms with E-state index in [1.165, 1.54) is 7.11 Å². The lowest BCUT2D eigenvalue weighted by Crippen LogP contribution is -2.41. The number of thiophene rings is 2. The summed E-state index contributed by atoms with van der Waals surface area (Å²) in [6, 6.07) is 3.96. The van der Waals surface area contributed by atoms with E-state index in [9.17, 15) is 14.4 Å². The molecule has 0 radical (unpaired) electrons. The van der Waals surface area contributed by atoms with E-state index in [0.29, 0.717) is 5.56 Å². The summed E-state index contributed by atoms with van der Waals surface area (Å²) in [5, 5.41) is 8.18. The fraction of sp³-hybridized carbons (Fsp3) is 0.421. The molecular formula is C19H24N2O5S2. The van der Waals surface area contributed by atoms with E-state index in [0.717, 1.165) is 16.2 Å². The van der Waals surface area contributed by atoms with E-state index in [1.54, 1.807) is 25.2 Å². The van der Waals surface area contributed by atoms with Crippen molar-refractivity contribution in [1.82, 2.24) is 5.32 Å². The van der Waals surface area contributed by atoms with E-state index in [4.69, 9.17) is 9.47 Å². The standard InChI is InChI=1S/C19H24N2O5S2/c1-6-26-17(23)14-11(2)15(18(24)25-5)28-16(14)21-13(22)10-20-19(3,4)12-8-7-9-27-12/h7-9,20H,6,10H2,1-5H3,(H,21,22). The molecular weight excluding hydrogens is 400 g/mol. The lowest BCUT2D eigenvalue weighted by atomic mass is 10.0. The van der Waals surface area contributed by atoms with Crippen LogP contribution in [-0.4, -0.2) is 38.1 Å². The fourth-order valence-corrected chi connectivity index (χ4v) is 4.49. The summed E-state index contributed by atoms with van der Waals surface area (Å²) in [6.45, 7) is 7.52. The SMILES string of the molecule is CCOC(=O)c1c(NC(=O)CNC(C)(C)c2cccs2)sc(C(=O)OC)c1C. The third kappa shape index (κ3) is 4.98. The molecule has 9 heteroatoms. The molecule has 0 spiro atoms. The van der Waals surface area contributed by atoms with Gasteiger partial charge in [-0.2, -0.15) is 0 Å². The second kappa shape index (κ2) is 9.31. The summed E-state index contributed by atoms with van der Waals surface area (Å²) < 4.78 is 9.83. The first-order valence-corrected chi connectivity index (χ1v) is 10.4. The van der Waals surface area contributed by atoms with Crippen molar-refractivity contribution in [3.8, 4) is 0 Å². The number of hydrogen-bond donors (Lipinski definition) is 2. The van der Waals surface area contributed by atoms with Crippen LogP contribution in [0.3, 0.4) is 0 Å². The van der Waals surface area contributed by atoms with Gasteiger partial charge in [0.2, 0.25) is 5.91 Å². The minimum Gasteiger partial charge on any atom is -0.465 e. The highest BCUT2D eigenvalue weighted by Gasteiger charge is 2.28. The molecule has 7 nitrogen and oxygen atoms in total. The molecule has 0 aromatic carbocycles. The Bertz CT molecular complexity index is 856. The molecule has 2 aromatic heterocycles. The molecule has 0 saturated heterocycles. The average molecular weight is 425 g/mol. The summed E-state index contributed by atoms with van der Waals surface area (Å²) in [5.41, 5.74) is 0.230. The Balaban J connectivity index is 2.18. The molecule has 2 rings (SSSR count). The van der Waals surface area contributed by atoms with Gasteiger partial charge in [0.15, 0.2) is 0 Å². The number of hydrogen-bond acceptors (Lipinski definition) is 8. The largest absolute Gasteiger partial charge is 0.465 e. The molecule has 2 aromatic rings. The highest BCUT2D eigenvalue weighted by atomic mass is 32.1. The quantitative estimate of drug-likeness (QED) is 0.630. The van der Waals surface area contributed by atoms with E-state index < -0.39 is 11.9 Å². The van der Waals surface area contributed by atoms with Crippen molar-refractivity contribution in [2.45, 2.75) is 33.2 Å². The van der Waals surface area contributed by atoms with Gasteiger partial charge in [0, 0.05) is 10.4 Å². The Kier molecular flexibility index (Phi) is 7.34. The first-order chi connectivity index (χ1) is 13.2. The molecule has 0 aliphatic heterocycles. The van der Waals surface area contributed by atoms with E-state index in [-0.39, 0.29) is 40.0 Å². The van der Waals surface area contributed by atoms with Gasteiger partial charge in [-0.05, 0) is 44.7 Å². The molecule has 0 aliphatic carbocycles. The van der Waals surface area contributed by atoms with Crippen LogP contribution >= 0.6 is 22.7 Å². The summed E-state index contributed by atoms with van der Waals surface area (Å²) in [5.74, 6) is -1.48. The van der Waals surface area contributed by atoms with Crippen LogP contribution in [0.2, 0.25) is 0 Å². The summed E-state index contributed by atoms with van der Waals surface area (Å²) in [4.78, 5) is 38.1. The Labute approximate surface area is 172 Å². The maximum Gasteiger partial charge on any atom is 0.348 e. The van der Waals surface area contributed by atoms with Crippen molar-refractivity contribution in [3.63, 3.8) is 0 Å². The van der Waals surface area contributed by atoms with Crippen LogP contribution < -0.4 is 10.6 Å². The van der Waals surface area contributed by atoms with Gasteiger partial charge in [0.05, 0.1) is 25.8 Å². The van der Waals surface area contributed by atoms with Crippen molar-refractivity contribution in [1.29, 1.82) is 0 Å². The van der Waals surface area contributed by atoms with E-state index >= 15 is 0 Å². The number of methoxy groups -OCH3 is 1. The molecule has 152 valence electrons. The Morgan fingerprint density at radius 1 is 1.21 bits per heavy atom. The van der Waals surface area contributed by atoms with E-state index in [1.807, 2.05) is 31.4 Å². The van der Waals surface area contributed by atoms with Crippen molar-refractivity contribution < 1.29 is 23.9 Å². The van der Waals surface area contributed by atoms with Gasteiger partial charge < -0.3 is 14.8 Å². The zero-order valence-corrected chi connectivity index (χ0v) is 18.1. The monoisotopic (exact) mass is 424 g/mol. The maximum atomic E-state index is 12.5. The van der Waals surface area contributed by atoms with Crippen LogP contribution in [0.15, 0.2) is 17.5 Å². The van der Waals surface area contributed by atoms with Crippen molar-refractivity contribution >= 4 is 45.5 Å². The van der Waals surface area contributed by atoms with Gasteiger partial charge in [-0.3, -0.25) is 10.1 Å². The summed E-state index contributed by atoms with van der Waals surface area (Å²) in [7, 11) is 1.26. The number of carbonyl (C=O) groups excluding carboxylic acids is 3. The van der Waals surface area contributed by atoms with Crippen LogP contribution in [0.1, 0.15) is 51.2 Å². The van der Waals surface area contributed by atoms with Crippen molar-refractivity contribution in [2.24, 2.45) is 0 Å². The zero-order valence-electron chi connectivity index (χ0n) is 16.5. The van der Waals surface area contributed by atoms with Gasteiger partial charge in [0.1, 0.15) is 9.88 Å². The third-order valence-electron chi connectivity index (χ3n) is 4.08. The molecule has 28 heavy (non-hydrogen) atoms. The minimum atomic E-state index is -0.589. The van der Waals surface area contributed by atoms with Gasteiger partial charge in [-0.15, -0.1) is 22.7 Å². The third-order valence-corrected chi connectivity index (χ3v) is 6.46. The maximum absolute atomic E-state index is 12.5. The number of amides is 1. The van der Waals surface area contributed by atoms with Crippen LogP contribution in [0.4, 0.5) is 5.00 Å². The second-order valence-corrected chi connectivity index (χ2v) is 8.44. The molecule has 0 unspecified atom stereocenters. The average Bonchev–Trinajstić information content (AvgIpc) is 3.29. The normalized spacial score (nSPS) is 11.2. The van der Waals surface area contributed by atoms with Crippen molar-refractivity contribution in [2.75, 3.05) is 25.6 Å². The Morgan fingerprint density at radius 3 is 2.50 bits per heavy atom. The topological polar surface area (TPSA) is 93.7 Å². The van der Waals surface area contributed by atoms with Crippen molar-refractivity contribution in [3.05, 3.63) is 38.4 Å². The fourth-order valence-electron chi connectivity index (χ4n) is 2.53. The lowest BCUT2D eigenvalue weighted by molar-refractivity contribution is -0.115. The van der Waals surface area contributed by atoms with Crippen LogP contribution in [0.25, 0.3) is 0 Å². The van der Waals surface area contributed by atoms with Crippen LogP contribution in [0.5, 0.6) is 0 Å². The number of carbonyl (C=O) groups is 3. The predicted octanol–water partition coefficient (Wildman–Crippen LogP) is 3.54. The molecule has 0 atom stereocenters. The molecule has 2 heterocycles. The number of rotatable bonds is 8. The van der Waals surface area contributed by atoms with Gasteiger partial charge in [-0.1, -0.05) is 6.07 Å². The first kappa shape index (κ1) is 22.1. The first-order valence-electron chi connectivity index (χ1n) is 8.69. The molecule has 2 N–H and O–H groups in total. The zero-order chi connectivity index (χ0) is 20.9. The summed E-state index contributed by atoms with van der Waals surface area (Å²) in [6.07, 6.45) is 0. The molecule has 1 amide bonds. The highest BCUT2D eigenvalue weighted by molar-refractivity contribution is 7.18. The smallest absolute Gasteiger partial charge is 0.348 e. The summed E-state index contributed by atoms with van der Waals surface area (Å²) >= 11 is 2.60. The molecule has 0 saturated carbocycles. The number of esters is 2. The van der Waals surface area contributed by atoms with Crippen LogP contribution in [-0.2, 0) is 19.8 Å². The number of anilines is 1. The Hall–Kier alpha value is -2.23. The second-order valence-electron chi connectivity index (χ2n) is 6.48. The molecule has 0 fully saturated rings.